The zero-order valence-corrected chi connectivity index (χ0v) is 19.7. The SMILES string of the molecule is CC(=CCCC(C)=CCC[C@]1(C)CCc2cc(O)cc(C)c2O1)CCC=C(CO)CO. The third-order valence-corrected chi connectivity index (χ3v) is 6.18. The highest BCUT2D eigenvalue weighted by molar-refractivity contribution is 5.47. The van der Waals surface area contributed by atoms with Crippen LogP contribution in [0.2, 0.25) is 0 Å². The number of ether oxygens (including phenoxy) is 1. The van der Waals surface area contributed by atoms with Crippen molar-refractivity contribution < 1.29 is 20.1 Å². The molecule has 1 aromatic carbocycles. The highest BCUT2D eigenvalue weighted by atomic mass is 16.5. The highest BCUT2D eigenvalue weighted by Crippen LogP contribution is 2.39. The Kier molecular flexibility index (Phi) is 9.86. The highest BCUT2D eigenvalue weighted by Gasteiger charge is 2.31. The van der Waals surface area contributed by atoms with Crippen molar-refractivity contribution in [2.45, 2.75) is 84.7 Å². The second-order valence-electron chi connectivity index (χ2n) is 9.20. The standard InChI is InChI=1S/C27H40O4/c1-20(10-6-12-23(18-28)19-29)8-5-9-21(2)11-7-14-27(4)15-13-24-17-25(30)16-22(3)26(24)31-27/h8,11-12,16-17,28-30H,5-7,9-10,13-15,18-19H2,1-4H3/t27-/m1/s1. The first-order valence-corrected chi connectivity index (χ1v) is 11.5. The lowest BCUT2D eigenvalue weighted by Gasteiger charge is -2.36. The van der Waals surface area contributed by atoms with E-state index in [4.69, 9.17) is 14.9 Å². The summed E-state index contributed by atoms with van der Waals surface area (Å²) in [5.41, 5.74) is 5.42. The summed E-state index contributed by atoms with van der Waals surface area (Å²) in [4.78, 5) is 0. The Balaban J connectivity index is 1.76. The van der Waals surface area contributed by atoms with Crippen molar-refractivity contribution in [2.75, 3.05) is 13.2 Å². The molecule has 0 spiro atoms. The quantitative estimate of drug-likeness (QED) is 0.382. The van der Waals surface area contributed by atoms with Gasteiger partial charge in [0.15, 0.2) is 0 Å². The van der Waals surface area contributed by atoms with E-state index in [9.17, 15) is 5.11 Å². The maximum absolute atomic E-state index is 9.80. The van der Waals surface area contributed by atoms with Crippen LogP contribution in [0.25, 0.3) is 0 Å². The van der Waals surface area contributed by atoms with Gasteiger partial charge in [-0.05, 0) is 108 Å². The zero-order chi connectivity index (χ0) is 22.9. The molecule has 3 N–H and O–H groups in total. The molecule has 0 unspecified atom stereocenters. The van der Waals surface area contributed by atoms with E-state index in [2.05, 4.69) is 32.9 Å². The predicted molar refractivity (Wildman–Crippen MR) is 128 cm³/mol. The van der Waals surface area contributed by atoms with Crippen LogP contribution in [-0.2, 0) is 6.42 Å². The van der Waals surface area contributed by atoms with Gasteiger partial charge in [-0.15, -0.1) is 0 Å². The number of aromatic hydroxyl groups is 1. The molecule has 172 valence electrons. The Morgan fingerprint density at radius 1 is 1.00 bits per heavy atom. The average Bonchev–Trinajstić information content (AvgIpc) is 2.72. The van der Waals surface area contributed by atoms with Crippen molar-refractivity contribution in [3.05, 3.63) is 58.2 Å². The molecule has 1 aliphatic heterocycles. The number of aryl methyl sites for hydroxylation is 2. The summed E-state index contributed by atoms with van der Waals surface area (Å²) < 4.78 is 6.38. The van der Waals surface area contributed by atoms with Gasteiger partial charge < -0.3 is 20.1 Å². The summed E-state index contributed by atoms with van der Waals surface area (Å²) in [5, 5.41) is 27.9. The number of phenolic OH excluding ortho intramolecular Hbond substituents is 1. The van der Waals surface area contributed by atoms with Crippen LogP contribution in [0.15, 0.2) is 47.1 Å². The first-order chi connectivity index (χ1) is 14.8. The number of aliphatic hydroxyl groups is 2. The van der Waals surface area contributed by atoms with Gasteiger partial charge in [-0.1, -0.05) is 29.4 Å². The van der Waals surface area contributed by atoms with Gasteiger partial charge in [0.2, 0.25) is 0 Å². The summed E-state index contributed by atoms with van der Waals surface area (Å²) in [6, 6.07) is 3.61. The lowest BCUT2D eigenvalue weighted by Crippen LogP contribution is -2.36. The number of fused-ring (bicyclic) bond motifs is 1. The Labute approximate surface area is 188 Å². The maximum Gasteiger partial charge on any atom is 0.126 e. The van der Waals surface area contributed by atoms with Gasteiger partial charge in [-0.25, -0.2) is 0 Å². The van der Waals surface area contributed by atoms with Gasteiger partial charge in [-0.3, -0.25) is 0 Å². The van der Waals surface area contributed by atoms with Crippen LogP contribution in [0.3, 0.4) is 0 Å². The van der Waals surface area contributed by atoms with Crippen LogP contribution in [-0.4, -0.2) is 34.1 Å². The average molecular weight is 429 g/mol. The molecule has 0 amide bonds. The number of hydrogen-bond acceptors (Lipinski definition) is 4. The summed E-state index contributed by atoms with van der Waals surface area (Å²) in [5.74, 6) is 1.27. The molecule has 0 fully saturated rings. The number of rotatable bonds is 11. The second-order valence-corrected chi connectivity index (χ2v) is 9.20. The van der Waals surface area contributed by atoms with Crippen LogP contribution in [0.5, 0.6) is 11.5 Å². The monoisotopic (exact) mass is 428 g/mol. The van der Waals surface area contributed by atoms with Crippen molar-refractivity contribution in [2.24, 2.45) is 0 Å². The Hall–Kier alpha value is -2.04. The molecule has 0 saturated heterocycles. The van der Waals surface area contributed by atoms with Crippen molar-refractivity contribution >= 4 is 0 Å². The van der Waals surface area contributed by atoms with Gasteiger partial charge in [-0.2, -0.15) is 0 Å². The number of aliphatic hydroxyl groups excluding tert-OH is 2. The first-order valence-electron chi connectivity index (χ1n) is 11.5. The van der Waals surface area contributed by atoms with Gasteiger partial charge >= 0.3 is 0 Å². The third kappa shape index (κ3) is 8.19. The van der Waals surface area contributed by atoms with Gasteiger partial charge in [0.1, 0.15) is 17.1 Å². The molecule has 4 heteroatoms. The fraction of sp³-hybridized carbons (Fsp3) is 0.556. The molecule has 31 heavy (non-hydrogen) atoms. The molecule has 1 aliphatic rings. The summed E-state index contributed by atoms with van der Waals surface area (Å²) in [6.45, 7) is 8.41. The van der Waals surface area contributed by atoms with Gasteiger partial charge in [0.25, 0.3) is 0 Å². The molecule has 0 radical (unpaired) electrons. The van der Waals surface area contributed by atoms with Crippen LogP contribution in [0, 0.1) is 6.92 Å². The van der Waals surface area contributed by atoms with Crippen molar-refractivity contribution in [3.8, 4) is 11.5 Å². The Bertz CT molecular complexity index is 813. The molecule has 4 nitrogen and oxygen atoms in total. The minimum absolute atomic E-state index is 0.0664. The number of phenols is 1. The molecule has 0 bridgehead atoms. The largest absolute Gasteiger partial charge is 0.508 e. The van der Waals surface area contributed by atoms with E-state index in [0.29, 0.717) is 11.3 Å². The Morgan fingerprint density at radius 2 is 1.61 bits per heavy atom. The van der Waals surface area contributed by atoms with Crippen molar-refractivity contribution in [1.29, 1.82) is 0 Å². The van der Waals surface area contributed by atoms with E-state index >= 15 is 0 Å². The zero-order valence-electron chi connectivity index (χ0n) is 19.7. The van der Waals surface area contributed by atoms with Gasteiger partial charge in [0.05, 0.1) is 13.2 Å². The fourth-order valence-electron chi connectivity index (χ4n) is 4.09. The van der Waals surface area contributed by atoms with Crippen molar-refractivity contribution in [3.63, 3.8) is 0 Å². The van der Waals surface area contributed by atoms with E-state index in [-0.39, 0.29) is 18.8 Å². The Morgan fingerprint density at radius 3 is 2.26 bits per heavy atom. The van der Waals surface area contributed by atoms with E-state index in [1.165, 1.54) is 11.1 Å². The van der Waals surface area contributed by atoms with Crippen LogP contribution in [0.1, 0.15) is 76.8 Å². The summed E-state index contributed by atoms with van der Waals surface area (Å²) >= 11 is 0. The molecule has 1 heterocycles. The smallest absolute Gasteiger partial charge is 0.126 e. The molecular weight excluding hydrogens is 388 g/mol. The van der Waals surface area contributed by atoms with Crippen LogP contribution in [0.4, 0.5) is 0 Å². The lowest BCUT2D eigenvalue weighted by atomic mass is 9.87. The number of allylic oxidation sites excluding steroid dienone is 5. The van der Waals surface area contributed by atoms with E-state index in [1.807, 2.05) is 19.1 Å². The van der Waals surface area contributed by atoms with E-state index in [1.54, 1.807) is 6.07 Å². The topological polar surface area (TPSA) is 69.9 Å². The summed E-state index contributed by atoms with van der Waals surface area (Å²) in [6.07, 6.45) is 14.4. The molecule has 1 atom stereocenters. The van der Waals surface area contributed by atoms with Crippen LogP contribution >= 0.6 is 0 Å². The molecule has 0 aliphatic carbocycles. The van der Waals surface area contributed by atoms with Crippen LogP contribution < -0.4 is 4.74 Å². The van der Waals surface area contributed by atoms with E-state index in [0.717, 1.165) is 68.2 Å². The van der Waals surface area contributed by atoms with E-state index < -0.39 is 0 Å². The predicted octanol–water partition coefficient (Wildman–Crippen LogP) is 5.93. The second kappa shape index (κ2) is 12.1. The summed E-state index contributed by atoms with van der Waals surface area (Å²) in [7, 11) is 0. The minimum Gasteiger partial charge on any atom is -0.508 e. The van der Waals surface area contributed by atoms with Gasteiger partial charge in [0, 0.05) is 0 Å². The number of benzene rings is 1. The lowest BCUT2D eigenvalue weighted by molar-refractivity contribution is 0.0561. The first kappa shape index (κ1) is 25.2. The molecule has 0 saturated carbocycles. The minimum atomic E-state index is -0.155. The van der Waals surface area contributed by atoms with Crippen molar-refractivity contribution in [1.82, 2.24) is 0 Å². The normalized spacial score (nSPS) is 19.0. The third-order valence-electron chi connectivity index (χ3n) is 6.18. The molecule has 2 rings (SSSR count). The molecule has 1 aromatic rings. The molecule has 0 aromatic heterocycles. The number of hydrogen-bond donors (Lipinski definition) is 3. The molecular formula is C27H40O4. The fourth-order valence-corrected chi connectivity index (χ4v) is 4.09. The maximum atomic E-state index is 9.80.